The van der Waals surface area contributed by atoms with Crippen LogP contribution in [0.1, 0.15) is 38.3 Å². The van der Waals surface area contributed by atoms with Gasteiger partial charge in [0, 0.05) is 33.9 Å². The Labute approximate surface area is 251 Å². The molecule has 2 nitrogen and oxygen atoms in total. The third-order valence-electron chi connectivity index (χ3n) is 7.61. The Hall–Kier alpha value is -5.08. The van der Waals surface area contributed by atoms with Crippen LogP contribution in [0.5, 0.6) is 0 Å². The Morgan fingerprint density at radius 1 is 0.762 bits per heavy atom. The maximum absolute atomic E-state index is 4.41. The summed E-state index contributed by atoms with van der Waals surface area (Å²) in [7, 11) is 0. The summed E-state index contributed by atoms with van der Waals surface area (Å²) in [6.07, 6.45) is 15.3. The van der Waals surface area contributed by atoms with Gasteiger partial charge in [0.15, 0.2) is 0 Å². The molecule has 0 unspecified atom stereocenters. The third-order valence-corrected chi connectivity index (χ3v) is 7.61. The molecule has 2 heteroatoms. The second-order valence-corrected chi connectivity index (χ2v) is 10.1. The molecule has 0 saturated heterocycles. The molecule has 4 aromatic rings. The molecule has 1 heterocycles. The molecule has 0 aromatic heterocycles. The largest absolute Gasteiger partial charge is 0.315 e. The zero-order valence-corrected chi connectivity index (χ0v) is 24.8. The highest BCUT2D eigenvalue weighted by atomic mass is 15.2. The van der Waals surface area contributed by atoms with Crippen LogP contribution >= 0.6 is 0 Å². The Bertz CT molecular complexity index is 1650. The number of fused-ring (bicyclic) bond motifs is 2. The van der Waals surface area contributed by atoms with E-state index in [1.54, 1.807) is 0 Å². The smallest absolute Gasteiger partial charge is 0.0540 e. The number of nitrogens with zero attached hydrogens (tertiary/aromatic N) is 2. The van der Waals surface area contributed by atoms with Crippen molar-refractivity contribution in [3.05, 3.63) is 175 Å². The number of hydrogen-bond acceptors (Lipinski definition) is 2. The molecule has 0 spiro atoms. The number of rotatable bonds is 9. The summed E-state index contributed by atoms with van der Waals surface area (Å²) in [4.78, 5) is 4.65. The quantitative estimate of drug-likeness (QED) is 0.170. The van der Waals surface area contributed by atoms with Gasteiger partial charge in [0.1, 0.15) is 0 Å². The minimum Gasteiger partial charge on any atom is -0.315 e. The molecule has 5 rings (SSSR count). The van der Waals surface area contributed by atoms with Crippen LogP contribution in [0, 0.1) is 0 Å². The van der Waals surface area contributed by atoms with Crippen molar-refractivity contribution in [1.82, 2.24) is 0 Å². The summed E-state index contributed by atoms with van der Waals surface area (Å²) in [6, 6.07) is 34.7. The summed E-state index contributed by atoms with van der Waals surface area (Å²) in [6.45, 7) is 14.6. The van der Waals surface area contributed by atoms with Gasteiger partial charge in [-0.2, -0.15) is 0 Å². The van der Waals surface area contributed by atoms with Gasteiger partial charge in [-0.05, 0) is 85.5 Å². The van der Waals surface area contributed by atoms with Crippen molar-refractivity contribution in [3.63, 3.8) is 0 Å². The molecule has 4 aromatic carbocycles. The Balaban J connectivity index is 1.48. The lowest BCUT2D eigenvalue weighted by Crippen LogP contribution is -2.20. The van der Waals surface area contributed by atoms with Crippen LogP contribution in [-0.2, 0) is 0 Å². The Kier molecular flexibility index (Phi) is 8.84. The van der Waals surface area contributed by atoms with Crippen LogP contribution in [0.2, 0.25) is 0 Å². The molecule has 208 valence electrons. The second-order valence-electron chi connectivity index (χ2n) is 10.1. The standard InChI is InChI=1S/C40H38N2/c1-6-10-16-33(8-3)41(34(9-4)17-11-7-2)35-26-22-31(23-27-35)32-24-28-36(29-25-32)42-39-20-14-12-18-37(39)30(5)38-19-13-15-21-40(38)42/h6-8,10-29H,1,5,9H2,2-4H3/b11-7-,16-10-,33-8+,34-17+. The van der Waals surface area contributed by atoms with Crippen molar-refractivity contribution in [3.8, 4) is 11.1 Å². The van der Waals surface area contributed by atoms with E-state index in [2.05, 4.69) is 164 Å². The van der Waals surface area contributed by atoms with Crippen molar-refractivity contribution in [2.45, 2.75) is 27.2 Å². The van der Waals surface area contributed by atoms with Crippen LogP contribution < -0.4 is 9.80 Å². The van der Waals surface area contributed by atoms with Crippen LogP contribution in [0.4, 0.5) is 22.7 Å². The fourth-order valence-electron chi connectivity index (χ4n) is 5.51. The Morgan fingerprint density at radius 2 is 1.33 bits per heavy atom. The average molecular weight is 547 g/mol. The molecule has 0 bridgehead atoms. The number of para-hydroxylation sites is 2. The zero-order chi connectivity index (χ0) is 29.5. The molecular formula is C40H38N2. The van der Waals surface area contributed by atoms with E-state index in [0.717, 1.165) is 40.4 Å². The van der Waals surface area contributed by atoms with Crippen LogP contribution in [-0.4, -0.2) is 0 Å². The molecule has 1 aliphatic heterocycles. The van der Waals surface area contributed by atoms with Gasteiger partial charge in [-0.3, -0.25) is 0 Å². The summed E-state index contributed by atoms with van der Waals surface area (Å²) < 4.78 is 0. The van der Waals surface area contributed by atoms with Gasteiger partial charge in [0.25, 0.3) is 0 Å². The van der Waals surface area contributed by atoms with Crippen molar-refractivity contribution >= 4 is 28.3 Å². The lowest BCUT2D eigenvalue weighted by Gasteiger charge is -2.34. The predicted octanol–water partition coefficient (Wildman–Crippen LogP) is 11.5. The van der Waals surface area contributed by atoms with E-state index >= 15 is 0 Å². The van der Waals surface area contributed by atoms with E-state index in [4.69, 9.17) is 0 Å². The zero-order valence-electron chi connectivity index (χ0n) is 24.8. The first-order valence-corrected chi connectivity index (χ1v) is 14.6. The molecule has 42 heavy (non-hydrogen) atoms. The van der Waals surface area contributed by atoms with Crippen LogP contribution in [0.3, 0.4) is 0 Å². The highest BCUT2D eigenvalue weighted by molar-refractivity contribution is 6.00. The highest BCUT2D eigenvalue weighted by Gasteiger charge is 2.25. The van der Waals surface area contributed by atoms with Gasteiger partial charge in [-0.15, -0.1) is 0 Å². The first-order valence-electron chi connectivity index (χ1n) is 14.6. The molecule has 0 radical (unpaired) electrons. The normalized spacial score (nSPS) is 13.4. The first kappa shape index (κ1) is 28.4. The van der Waals surface area contributed by atoms with Crippen LogP contribution in [0.15, 0.2) is 164 Å². The first-order chi connectivity index (χ1) is 20.6. The van der Waals surface area contributed by atoms with Gasteiger partial charge in [0.05, 0.1) is 11.4 Å². The maximum Gasteiger partial charge on any atom is 0.0540 e. The predicted molar refractivity (Wildman–Crippen MR) is 183 cm³/mol. The van der Waals surface area contributed by atoms with Crippen molar-refractivity contribution in [2.75, 3.05) is 9.80 Å². The minimum absolute atomic E-state index is 0.906. The van der Waals surface area contributed by atoms with E-state index < -0.39 is 0 Å². The van der Waals surface area contributed by atoms with E-state index in [-0.39, 0.29) is 0 Å². The van der Waals surface area contributed by atoms with E-state index in [9.17, 15) is 0 Å². The number of anilines is 4. The molecule has 1 aliphatic rings. The van der Waals surface area contributed by atoms with E-state index in [1.807, 2.05) is 19.1 Å². The molecule has 0 fully saturated rings. The lowest BCUT2D eigenvalue weighted by molar-refractivity contribution is 0.982. The third kappa shape index (κ3) is 5.57. The monoisotopic (exact) mass is 546 g/mol. The molecule has 0 N–H and O–H groups in total. The number of hydrogen-bond donors (Lipinski definition) is 0. The van der Waals surface area contributed by atoms with Gasteiger partial charge in [0.2, 0.25) is 0 Å². The SMILES string of the molecule is C=C/C=C\C(=C/C)N(/C(=C/C=C\C)CC)c1ccc(-c2ccc(N3c4ccccc4C(=C)c4ccccc43)cc2)cc1. The summed E-state index contributed by atoms with van der Waals surface area (Å²) in [5, 5.41) is 0. The van der Waals surface area contributed by atoms with Gasteiger partial charge in [-0.25, -0.2) is 0 Å². The van der Waals surface area contributed by atoms with Crippen molar-refractivity contribution in [2.24, 2.45) is 0 Å². The molecule has 0 aliphatic carbocycles. The van der Waals surface area contributed by atoms with Crippen molar-refractivity contribution < 1.29 is 0 Å². The van der Waals surface area contributed by atoms with E-state index in [1.165, 1.54) is 28.0 Å². The summed E-state index contributed by atoms with van der Waals surface area (Å²) in [5.74, 6) is 0. The average Bonchev–Trinajstić information content (AvgIpc) is 3.05. The molecule has 0 saturated carbocycles. The fraction of sp³-hybridized carbons (Fsp3) is 0.100. The Morgan fingerprint density at radius 3 is 1.86 bits per heavy atom. The summed E-state index contributed by atoms with van der Waals surface area (Å²) >= 11 is 0. The van der Waals surface area contributed by atoms with Gasteiger partial charge < -0.3 is 9.80 Å². The van der Waals surface area contributed by atoms with E-state index in [0.29, 0.717) is 0 Å². The maximum atomic E-state index is 4.41. The van der Waals surface area contributed by atoms with Crippen LogP contribution in [0.25, 0.3) is 16.7 Å². The number of benzene rings is 4. The lowest BCUT2D eigenvalue weighted by atomic mass is 9.91. The summed E-state index contributed by atoms with van der Waals surface area (Å²) in [5.41, 5.74) is 12.6. The highest BCUT2D eigenvalue weighted by Crippen LogP contribution is 2.48. The second kappa shape index (κ2) is 13.1. The molecule has 0 amide bonds. The molecule has 0 atom stereocenters. The van der Waals surface area contributed by atoms with Gasteiger partial charge >= 0.3 is 0 Å². The topological polar surface area (TPSA) is 6.48 Å². The minimum atomic E-state index is 0.906. The van der Waals surface area contributed by atoms with Gasteiger partial charge in [-0.1, -0.05) is 111 Å². The fourth-order valence-corrected chi connectivity index (χ4v) is 5.51. The molecular weight excluding hydrogens is 508 g/mol. The van der Waals surface area contributed by atoms with Crippen molar-refractivity contribution in [1.29, 1.82) is 0 Å². The number of allylic oxidation sites excluding steroid dienone is 8.